The second-order valence-electron chi connectivity index (χ2n) is 2.55. The smallest absolute Gasteiger partial charge is 0.268 e. The van der Waals surface area contributed by atoms with E-state index < -0.39 is 0 Å². The van der Waals surface area contributed by atoms with E-state index in [1.165, 1.54) is 6.33 Å². The molecular weight excluding hydrogens is 236 g/mol. The van der Waals surface area contributed by atoms with E-state index in [2.05, 4.69) is 32.8 Å². The fraction of sp³-hybridized carbons (Fsp3) is 0.500. The number of nitrogens with zero attached hydrogens (tertiary/aromatic N) is 1. The summed E-state index contributed by atoms with van der Waals surface area (Å²) in [6.07, 6.45) is 3.34. The summed E-state index contributed by atoms with van der Waals surface area (Å²) in [5.74, 6) is 0.359. The van der Waals surface area contributed by atoms with Gasteiger partial charge in [0.2, 0.25) is 5.88 Å². The molecule has 0 atom stereocenters. The van der Waals surface area contributed by atoms with Crippen molar-refractivity contribution in [2.24, 2.45) is 0 Å². The molecule has 72 valence electrons. The number of rotatable bonds is 4. The van der Waals surface area contributed by atoms with Gasteiger partial charge in [0.25, 0.3) is 5.56 Å². The summed E-state index contributed by atoms with van der Waals surface area (Å²) in [6.45, 7) is 2.66. The lowest BCUT2D eigenvalue weighted by Gasteiger charge is -2.04. The highest BCUT2D eigenvalue weighted by Gasteiger charge is 2.05. The predicted molar refractivity (Wildman–Crippen MR) is 53.0 cm³/mol. The molecule has 13 heavy (non-hydrogen) atoms. The normalized spacial score (nSPS) is 10.0. The third kappa shape index (κ3) is 2.84. The predicted octanol–water partition coefficient (Wildman–Crippen LogP) is 1.71. The van der Waals surface area contributed by atoms with Gasteiger partial charge in [-0.05, 0) is 22.4 Å². The van der Waals surface area contributed by atoms with Gasteiger partial charge in [-0.1, -0.05) is 13.3 Å². The maximum Gasteiger partial charge on any atom is 0.268 e. The van der Waals surface area contributed by atoms with E-state index in [1.54, 1.807) is 0 Å². The number of hydrogen-bond acceptors (Lipinski definition) is 3. The minimum absolute atomic E-state index is 0.221. The average molecular weight is 247 g/mol. The molecule has 4 nitrogen and oxygen atoms in total. The van der Waals surface area contributed by atoms with Crippen LogP contribution in [-0.2, 0) is 0 Å². The molecule has 0 aliphatic carbocycles. The van der Waals surface area contributed by atoms with Crippen molar-refractivity contribution in [3.05, 3.63) is 21.2 Å². The summed E-state index contributed by atoms with van der Waals surface area (Å²) in [6, 6.07) is 0. The molecule has 1 N–H and O–H groups in total. The molecule has 1 heterocycles. The summed E-state index contributed by atoms with van der Waals surface area (Å²) in [7, 11) is 0. The van der Waals surface area contributed by atoms with Crippen LogP contribution in [0.15, 0.2) is 15.6 Å². The van der Waals surface area contributed by atoms with Crippen molar-refractivity contribution in [3.63, 3.8) is 0 Å². The lowest BCUT2D eigenvalue weighted by Crippen LogP contribution is -2.10. The highest BCUT2D eigenvalue weighted by molar-refractivity contribution is 9.10. The number of H-pyrrole nitrogens is 1. The van der Waals surface area contributed by atoms with Crippen LogP contribution >= 0.6 is 15.9 Å². The third-order valence-electron chi connectivity index (χ3n) is 1.50. The highest BCUT2D eigenvalue weighted by Crippen LogP contribution is 2.15. The molecule has 0 aromatic carbocycles. The molecule has 0 aliphatic rings. The minimum atomic E-state index is -0.221. The third-order valence-corrected chi connectivity index (χ3v) is 2.20. The van der Waals surface area contributed by atoms with E-state index >= 15 is 0 Å². The van der Waals surface area contributed by atoms with E-state index in [-0.39, 0.29) is 5.56 Å². The summed E-state index contributed by atoms with van der Waals surface area (Å²) in [5, 5.41) is 0. The fourth-order valence-corrected chi connectivity index (χ4v) is 1.11. The number of hydrogen-bond donors (Lipinski definition) is 1. The van der Waals surface area contributed by atoms with Crippen LogP contribution in [0.5, 0.6) is 5.88 Å². The average Bonchev–Trinajstić information content (AvgIpc) is 2.13. The number of unbranched alkanes of at least 4 members (excludes halogenated alkanes) is 1. The molecule has 0 aliphatic heterocycles. The number of aromatic amines is 1. The summed E-state index contributed by atoms with van der Waals surface area (Å²) < 4.78 is 5.63. The van der Waals surface area contributed by atoms with Gasteiger partial charge in [-0.25, -0.2) is 4.98 Å². The van der Waals surface area contributed by atoms with Crippen LogP contribution < -0.4 is 10.3 Å². The number of aromatic nitrogens is 2. The van der Waals surface area contributed by atoms with Gasteiger partial charge in [0.15, 0.2) is 0 Å². The summed E-state index contributed by atoms with van der Waals surface area (Å²) in [4.78, 5) is 17.4. The maximum atomic E-state index is 11.1. The van der Waals surface area contributed by atoms with E-state index in [0.29, 0.717) is 17.0 Å². The maximum absolute atomic E-state index is 11.1. The Morgan fingerprint density at radius 3 is 3.15 bits per heavy atom. The van der Waals surface area contributed by atoms with E-state index in [9.17, 15) is 4.79 Å². The second kappa shape index (κ2) is 5.01. The summed E-state index contributed by atoms with van der Waals surface area (Å²) in [5.41, 5.74) is -0.221. The highest BCUT2D eigenvalue weighted by atomic mass is 79.9. The Morgan fingerprint density at radius 1 is 1.69 bits per heavy atom. The Hall–Kier alpha value is -0.840. The summed E-state index contributed by atoms with van der Waals surface area (Å²) >= 11 is 3.10. The van der Waals surface area contributed by atoms with Gasteiger partial charge in [-0.2, -0.15) is 0 Å². The first-order valence-electron chi connectivity index (χ1n) is 4.11. The zero-order valence-corrected chi connectivity index (χ0v) is 8.93. The topological polar surface area (TPSA) is 55.0 Å². The van der Waals surface area contributed by atoms with Crippen molar-refractivity contribution in [2.75, 3.05) is 6.61 Å². The lowest BCUT2D eigenvalue weighted by molar-refractivity contribution is 0.294. The molecule has 5 heteroatoms. The molecule has 1 rings (SSSR count). The van der Waals surface area contributed by atoms with Crippen LogP contribution in [0.1, 0.15) is 19.8 Å². The van der Waals surface area contributed by atoms with Gasteiger partial charge in [0.05, 0.1) is 12.9 Å². The molecule has 0 spiro atoms. The van der Waals surface area contributed by atoms with Crippen molar-refractivity contribution in [3.8, 4) is 5.88 Å². The first kappa shape index (κ1) is 10.2. The first-order chi connectivity index (χ1) is 6.25. The SMILES string of the molecule is CCCCOc1nc[nH]c(=O)c1Br. The first-order valence-corrected chi connectivity index (χ1v) is 4.91. The quantitative estimate of drug-likeness (QED) is 0.824. The zero-order valence-electron chi connectivity index (χ0n) is 7.34. The Balaban J connectivity index is 2.66. The monoisotopic (exact) mass is 246 g/mol. The van der Waals surface area contributed by atoms with Gasteiger partial charge in [0, 0.05) is 0 Å². The van der Waals surface area contributed by atoms with Crippen LogP contribution in [0, 0.1) is 0 Å². The molecule has 0 saturated carbocycles. The van der Waals surface area contributed by atoms with E-state index in [0.717, 1.165) is 12.8 Å². The van der Waals surface area contributed by atoms with Crippen molar-refractivity contribution in [2.45, 2.75) is 19.8 Å². The Morgan fingerprint density at radius 2 is 2.46 bits per heavy atom. The standard InChI is InChI=1S/C8H11BrN2O2/c1-2-3-4-13-8-6(9)7(12)10-5-11-8/h5H,2-4H2,1H3,(H,10,11,12). The number of halogens is 1. The molecule has 0 unspecified atom stereocenters. The van der Waals surface area contributed by atoms with Crippen LogP contribution in [0.4, 0.5) is 0 Å². The Bertz CT molecular complexity index is 324. The van der Waals surface area contributed by atoms with Crippen LogP contribution in [-0.4, -0.2) is 16.6 Å². The van der Waals surface area contributed by atoms with Gasteiger partial charge in [-0.15, -0.1) is 0 Å². The van der Waals surface area contributed by atoms with Crippen molar-refractivity contribution in [1.82, 2.24) is 9.97 Å². The van der Waals surface area contributed by atoms with Gasteiger partial charge >= 0.3 is 0 Å². The number of nitrogens with one attached hydrogen (secondary N) is 1. The van der Waals surface area contributed by atoms with Gasteiger partial charge in [-0.3, -0.25) is 4.79 Å². The van der Waals surface area contributed by atoms with E-state index in [1.807, 2.05) is 0 Å². The fourth-order valence-electron chi connectivity index (χ4n) is 0.780. The second-order valence-corrected chi connectivity index (χ2v) is 3.35. The molecule has 0 amide bonds. The van der Waals surface area contributed by atoms with Crippen LogP contribution in [0.3, 0.4) is 0 Å². The molecule has 0 bridgehead atoms. The minimum Gasteiger partial charge on any atom is -0.477 e. The Labute approximate surface area is 84.5 Å². The zero-order chi connectivity index (χ0) is 9.68. The molecule has 0 radical (unpaired) electrons. The molecular formula is C8H11BrN2O2. The van der Waals surface area contributed by atoms with Crippen LogP contribution in [0.2, 0.25) is 0 Å². The number of ether oxygens (including phenoxy) is 1. The van der Waals surface area contributed by atoms with Crippen molar-refractivity contribution >= 4 is 15.9 Å². The lowest BCUT2D eigenvalue weighted by atomic mass is 10.4. The largest absolute Gasteiger partial charge is 0.477 e. The van der Waals surface area contributed by atoms with Crippen molar-refractivity contribution in [1.29, 1.82) is 0 Å². The van der Waals surface area contributed by atoms with Crippen molar-refractivity contribution < 1.29 is 4.74 Å². The molecule has 1 aromatic heterocycles. The molecule has 0 fully saturated rings. The van der Waals surface area contributed by atoms with Crippen LogP contribution in [0.25, 0.3) is 0 Å². The van der Waals surface area contributed by atoms with Gasteiger partial charge < -0.3 is 9.72 Å². The molecule has 1 aromatic rings. The van der Waals surface area contributed by atoms with E-state index in [4.69, 9.17) is 4.74 Å². The Kier molecular flexibility index (Phi) is 3.95. The molecule has 0 saturated heterocycles. The van der Waals surface area contributed by atoms with Gasteiger partial charge in [0.1, 0.15) is 4.47 Å².